The van der Waals surface area contributed by atoms with Crippen LogP contribution in [0.2, 0.25) is 0 Å². The summed E-state index contributed by atoms with van der Waals surface area (Å²) in [6.45, 7) is 0. The van der Waals surface area contributed by atoms with E-state index in [1.165, 1.54) is 0 Å². The van der Waals surface area contributed by atoms with Gasteiger partial charge in [-0.2, -0.15) is 5.26 Å². The van der Waals surface area contributed by atoms with Gasteiger partial charge in [-0.25, -0.2) is 0 Å². The summed E-state index contributed by atoms with van der Waals surface area (Å²) in [4.78, 5) is 0. The Hall–Kier alpha value is -5.79. The number of aromatic nitrogens is 1. The van der Waals surface area contributed by atoms with Crippen molar-refractivity contribution in [3.63, 3.8) is 0 Å². The Morgan fingerprint density at radius 1 is 0.537 bits per heavy atom. The Kier molecular flexibility index (Phi) is 4.37. The number of fused-ring (bicyclic) bond motifs is 9. The molecule has 0 saturated carbocycles. The van der Waals surface area contributed by atoms with Crippen LogP contribution in [0.25, 0.3) is 82.5 Å². The monoisotopic (exact) mass is 524 g/mol. The summed E-state index contributed by atoms with van der Waals surface area (Å²) < 4.78 is 15.1. The Balaban J connectivity index is 1.34. The molecule has 0 unspecified atom stereocenters. The van der Waals surface area contributed by atoms with Crippen LogP contribution in [0.1, 0.15) is 5.56 Å². The van der Waals surface area contributed by atoms with E-state index in [1.807, 2.05) is 54.6 Å². The standard InChI is InChI=1S/C37H20N2O2/c38-21-22-15-17-26-25-7-1-3-11-30(25)39(32(26)19-22)31-12-5-10-29-36-24(9-6-14-34(36)41-37(29)31)23-16-18-28-27-8-2-4-13-33(27)40-35(28)20-23/h1-20H. The summed E-state index contributed by atoms with van der Waals surface area (Å²) in [6, 6.07) is 43.7. The molecule has 6 aromatic carbocycles. The van der Waals surface area contributed by atoms with Crippen molar-refractivity contribution in [2.75, 3.05) is 0 Å². The molecule has 0 radical (unpaired) electrons. The molecule has 0 aliphatic heterocycles. The van der Waals surface area contributed by atoms with E-state index >= 15 is 0 Å². The van der Waals surface area contributed by atoms with Crippen molar-refractivity contribution in [1.29, 1.82) is 5.26 Å². The van der Waals surface area contributed by atoms with Gasteiger partial charge in [0.25, 0.3) is 0 Å². The zero-order chi connectivity index (χ0) is 27.1. The predicted molar refractivity (Wildman–Crippen MR) is 165 cm³/mol. The average molecular weight is 525 g/mol. The molecule has 0 bridgehead atoms. The highest BCUT2D eigenvalue weighted by atomic mass is 16.3. The van der Waals surface area contributed by atoms with E-state index in [-0.39, 0.29) is 0 Å². The summed E-state index contributed by atoms with van der Waals surface area (Å²) in [7, 11) is 0. The van der Waals surface area contributed by atoms with Gasteiger partial charge in [-0.3, -0.25) is 0 Å². The summed E-state index contributed by atoms with van der Waals surface area (Å²) in [5.74, 6) is 0. The molecule has 9 aromatic rings. The predicted octanol–water partition coefficient (Wildman–Crippen LogP) is 10.1. The molecule has 3 heterocycles. The highest BCUT2D eigenvalue weighted by Gasteiger charge is 2.20. The molecule has 3 aromatic heterocycles. The number of benzene rings is 6. The third kappa shape index (κ3) is 3.03. The van der Waals surface area contributed by atoms with Gasteiger partial charge in [-0.15, -0.1) is 0 Å². The average Bonchev–Trinajstić information content (AvgIpc) is 3.69. The lowest BCUT2D eigenvalue weighted by Gasteiger charge is -2.09. The van der Waals surface area contributed by atoms with Crippen LogP contribution in [0.5, 0.6) is 0 Å². The van der Waals surface area contributed by atoms with Crippen molar-refractivity contribution < 1.29 is 8.83 Å². The Bertz CT molecular complexity index is 2550. The van der Waals surface area contributed by atoms with Gasteiger partial charge in [-0.05, 0) is 59.7 Å². The molecule has 0 N–H and O–H groups in total. The van der Waals surface area contributed by atoms with Gasteiger partial charge in [0.2, 0.25) is 0 Å². The van der Waals surface area contributed by atoms with Gasteiger partial charge >= 0.3 is 0 Å². The maximum atomic E-state index is 9.66. The van der Waals surface area contributed by atoms with Crippen molar-refractivity contribution in [2.24, 2.45) is 0 Å². The first kappa shape index (κ1) is 22.1. The van der Waals surface area contributed by atoms with Crippen LogP contribution in [0.15, 0.2) is 130 Å². The van der Waals surface area contributed by atoms with Crippen LogP contribution in [0.4, 0.5) is 0 Å². The smallest absolute Gasteiger partial charge is 0.159 e. The maximum absolute atomic E-state index is 9.66. The third-order valence-corrected chi connectivity index (χ3v) is 8.24. The molecule has 0 aliphatic rings. The fourth-order valence-corrected chi connectivity index (χ4v) is 6.44. The highest BCUT2D eigenvalue weighted by Crippen LogP contribution is 2.42. The molecule has 190 valence electrons. The quantitative estimate of drug-likeness (QED) is 0.226. The first-order valence-corrected chi connectivity index (χ1v) is 13.6. The molecule has 0 atom stereocenters. The number of nitrogens with zero attached hydrogens (tertiary/aromatic N) is 2. The third-order valence-electron chi connectivity index (χ3n) is 8.24. The SMILES string of the molecule is N#Cc1ccc2c3ccccc3n(-c3cccc4c3oc3cccc(-c5ccc6c(c5)oc5ccccc56)c34)c2c1. The summed E-state index contributed by atoms with van der Waals surface area (Å²) in [6.07, 6.45) is 0. The van der Waals surface area contributed by atoms with Crippen molar-refractivity contribution in [2.45, 2.75) is 0 Å². The van der Waals surface area contributed by atoms with Gasteiger partial charge in [0.1, 0.15) is 16.7 Å². The van der Waals surface area contributed by atoms with Crippen LogP contribution in [0, 0.1) is 11.3 Å². The minimum absolute atomic E-state index is 0.626. The molecule has 9 rings (SSSR count). The number of furan rings is 2. The maximum Gasteiger partial charge on any atom is 0.159 e. The molecular weight excluding hydrogens is 504 g/mol. The fraction of sp³-hybridized carbons (Fsp3) is 0. The topological polar surface area (TPSA) is 55.0 Å². The minimum atomic E-state index is 0.626. The van der Waals surface area contributed by atoms with Crippen molar-refractivity contribution >= 4 is 65.7 Å². The Morgan fingerprint density at radius 3 is 2.20 bits per heavy atom. The first-order chi connectivity index (χ1) is 20.3. The lowest BCUT2D eigenvalue weighted by molar-refractivity contribution is 0.666. The number of nitriles is 1. The van der Waals surface area contributed by atoms with Crippen LogP contribution in [0.3, 0.4) is 0 Å². The molecule has 0 spiro atoms. The Morgan fingerprint density at radius 2 is 1.27 bits per heavy atom. The van der Waals surface area contributed by atoms with Gasteiger partial charge in [0.05, 0.1) is 28.4 Å². The zero-order valence-corrected chi connectivity index (χ0v) is 21.8. The summed E-state index contributed by atoms with van der Waals surface area (Å²) in [5.41, 5.74) is 9.18. The lowest BCUT2D eigenvalue weighted by Crippen LogP contribution is -1.94. The molecule has 4 nitrogen and oxygen atoms in total. The molecule has 0 saturated heterocycles. The largest absolute Gasteiger partial charge is 0.456 e. The van der Waals surface area contributed by atoms with Gasteiger partial charge < -0.3 is 13.4 Å². The lowest BCUT2D eigenvalue weighted by atomic mass is 9.98. The van der Waals surface area contributed by atoms with E-state index in [4.69, 9.17) is 8.83 Å². The van der Waals surface area contributed by atoms with Gasteiger partial charge in [0, 0.05) is 32.3 Å². The van der Waals surface area contributed by atoms with E-state index in [9.17, 15) is 5.26 Å². The second-order valence-corrected chi connectivity index (χ2v) is 10.4. The van der Waals surface area contributed by atoms with E-state index in [1.54, 1.807) is 0 Å². The molecule has 41 heavy (non-hydrogen) atoms. The van der Waals surface area contributed by atoms with Gasteiger partial charge in [0.15, 0.2) is 5.58 Å². The van der Waals surface area contributed by atoms with Gasteiger partial charge in [-0.1, -0.05) is 72.8 Å². The van der Waals surface area contributed by atoms with Crippen LogP contribution >= 0.6 is 0 Å². The number of hydrogen-bond acceptors (Lipinski definition) is 3. The molecule has 0 aliphatic carbocycles. The fourth-order valence-electron chi connectivity index (χ4n) is 6.44. The molecule has 0 amide bonds. The van der Waals surface area contributed by atoms with E-state index < -0.39 is 0 Å². The molecule has 0 fully saturated rings. The number of rotatable bonds is 2. The molecular formula is C37H20N2O2. The Labute approximate surface area is 233 Å². The zero-order valence-electron chi connectivity index (χ0n) is 21.8. The minimum Gasteiger partial charge on any atom is -0.456 e. The van der Waals surface area contributed by atoms with Crippen LogP contribution in [-0.4, -0.2) is 4.57 Å². The summed E-state index contributed by atoms with van der Waals surface area (Å²) >= 11 is 0. The van der Waals surface area contributed by atoms with E-state index in [2.05, 4.69) is 77.4 Å². The van der Waals surface area contributed by atoms with E-state index in [0.717, 1.165) is 82.5 Å². The molecule has 4 heteroatoms. The second kappa shape index (κ2) is 8.11. The van der Waals surface area contributed by atoms with Crippen molar-refractivity contribution in [3.05, 3.63) is 127 Å². The summed E-state index contributed by atoms with van der Waals surface area (Å²) in [5, 5.41) is 16.2. The van der Waals surface area contributed by atoms with Crippen LogP contribution < -0.4 is 0 Å². The van der Waals surface area contributed by atoms with Crippen molar-refractivity contribution in [3.8, 4) is 22.9 Å². The number of para-hydroxylation sites is 3. The first-order valence-electron chi connectivity index (χ1n) is 13.6. The van der Waals surface area contributed by atoms with Crippen molar-refractivity contribution in [1.82, 2.24) is 4.57 Å². The second-order valence-electron chi connectivity index (χ2n) is 10.4. The van der Waals surface area contributed by atoms with Crippen LogP contribution in [-0.2, 0) is 0 Å². The normalized spacial score (nSPS) is 11.9. The number of hydrogen-bond donors (Lipinski definition) is 0. The highest BCUT2D eigenvalue weighted by molar-refractivity contribution is 6.17. The van der Waals surface area contributed by atoms with E-state index in [0.29, 0.717) is 5.56 Å².